The van der Waals surface area contributed by atoms with Gasteiger partial charge >= 0.3 is 0 Å². The molecule has 6 rings (SSSR count). The van der Waals surface area contributed by atoms with Gasteiger partial charge in [-0.3, -0.25) is 0 Å². The molecular weight excluding hydrogens is 400 g/mol. The van der Waals surface area contributed by atoms with Gasteiger partial charge < -0.3 is 19.7 Å². The number of fused-ring (bicyclic) bond motifs is 7. The van der Waals surface area contributed by atoms with Gasteiger partial charge in [0.15, 0.2) is 5.79 Å². The number of hydrogen-bond donors (Lipinski definition) is 2. The predicted molar refractivity (Wildman–Crippen MR) is 124 cm³/mol. The second-order valence-corrected chi connectivity index (χ2v) is 13.8. The van der Waals surface area contributed by atoms with Crippen molar-refractivity contribution in [2.75, 3.05) is 6.61 Å². The van der Waals surface area contributed by atoms with Crippen LogP contribution in [0, 0.1) is 52.3 Å². The first-order valence-corrected chi connectivity index (χ1v) is 13.8. The summed E-state index contributed by atoms with van der Waals surface area (Å²) in [4.78, 5) is 0. The van der Waals surface area contributed by atoms with Gasteiger partial charge in [-0.25, -0.2) is 0 Å². The summed E-state index contributed by atoms with van der Waals surface area (Å²) in [5.74, 6) is 3.56. The minimum atomic E-state index is -0.714. The lowest BCUT2D eigenvalue weighted by Crippen LogP contribution is -2.66. The van der Waals surface area contributed by atoms with Gasteiger partial charge in [0.2, 0.25) is 0 Å². The SMILES string of the molecule is CC1CC[C@@]2(OC1)O[C@H]1CC3C4C[C@@H](C)[C@@]5(O)C[C@@H](O)CC[C@]5(C)C4CC[C@]3(C)C1[C@@H]2C. The van der Waals surface area contributed by atoms with E-state index in [-0.39, 0.29) is 23.2 Å². The fourth-order valence-corrected chi connectivity index (χ4v) is 10.7. The second kappa shape index (κ2) is 6.95. The highest BCUT2D eigenvalue weighted by atomic mass is 16.7. The van der Waals surface area contributed by atoms with E-state index < -0.39 is 5.60 Å². The van der Waals surface area contributed by atoms with Crippen molar-refractivity contribution in [3.8, 4) is 0 Å². The maximum Gasteiger partial charge on any atom is 0.171 e. The monoisotopic (exact) mass is 446 g/mol. The molecule has 182 valence electrons. The van der Waals surface area contributed by atoms with Gasteiger partial charge in [-0.15, -0.1) is 0 Å². The molecule has 4 saturated carbocycles. The molecule has 32 heavy (non-hydrogen) atoms. The van der Waals surface area contributed by atoms with Crippen molar-refractivity contribution in [1.29, 1.82) is 0 Å². The molecular formula is C28H46O4. The molecule has 13 atom stereocenters. The molecule has 2 saturated heterocycles. The molecule has 0 aromatic heterocycles. The van der Waals surface area contributed by atoms with Crippen LogP contribution < -0.4 is 0 Å². The van der Waals surface area contributed by atoms with E-state index >= 15 is 0 Å². The van der Waals surface area contributed by atoms with E-state index in [1.54, 1.807) is 0 Å². The molecule has 0 amide bonds. The second-order valence-electron chi connectivity index (χ2n) is 13.8. The van der Waals surface area contributed by atoms with Crippen LogP contribution in [0.2, 0.25) is 0 Å². The van der Waals surface area contributed by atoms with Crippen molar-refractivity contribution < 1.29 is 19.7 Å². The Hall–Kier alpha value is -0.160. The molecule has 5 unspecified atom stereocenters. The quantitative estimate of drug-likeness (QED) is 0.540. The van der Waals surface area contributed by atoms with Crippen LogP contribution >= 0.6 is 0 Å². The highest BCUT2D eigenvalue weighted by molar-refractivity contribution is 5.19. The molecule has 0 radical (unpaired) electrons. The summed E-state index contributed by atoms with van der Waals surface area (Å²) >= 11 is 0. The van der Waals surface area contributed by atoms with E-state index in [1.165, 1.54) is 25.7 Å². The lowest BCUT2D eigenvalue weighted by molar-refractivity contribution is -0.276. The van der Waals surface area contributed by atoms with E-state index in [2.05, 4.69) is 34.6 Å². The Bertz CT molecular complexity index is 761. The smallest absolute Gasteiger partial charge is 0.171 e. The molecule has 2 N–H and O–H groups in total. The first kappa shape index (κ1) is 22.3. The fourth-order valence-electron chi connectivity index (χ4n) is 10.7. The number of hydrogen-bond acceptors (Lipinski definition) is 4. The van der Waals surface area contributed by atoms with Crippen LogP contribution in [0.1, 0.15) is 92.4 Å². The molecule has 6 fully saturated rings. The van der Waals surface area contributed by atoms with Crippen molar-refractivity contribution in [3.05, 3.63) is 0 Å². The van der Waals surface area contributed by atoms with Gasteiger partial charge in [-0.2, -0.15) is 0 Å². The molecule has 2 heterocycles. The van der Waals surface area contributed by atoms with Crippen molar-refractivity contribution in [3.63, 3.8) is 0 Å². The van der Waals surface area contributed by atoms with E-state index in [4.69, 9.17) is 9.47 Å². The highest BCUT2D eigenvalue weighted by Crippen LogP contribution is 2.72. The zero-order valence-electron chi connectivity index (χ0n) is 21.0. The maximum atomic E-state index is 11.9. The minimum Gasteiger partial charge on any atom is -0.393 e. The molecule has 2 aliphatic heterocycles. The normalized spacial score (nSPS) is 64.0. The lowest BCUT2D eigenvalue weighted by atomic mass is 9.41. The Labute approximate surface area is 194 Å². The zero-order chi connectivity index (χ0) is 22.7. The van der Waals surface area contributed by atoms with Crippen molar-refractivity contribution >= 4 is 0 Å². The lowest BCUT2D eigenvalue weighted by Gasteiger charge is -2.66. The standard InChI is InChI=1S/C28H46O4/c1-16-6-11-28(31-15-16)18(3)24-23(32-28)13-22-20-12-17(2)27(30)14-19(29)7-10-26(27,5)21(20)8-9-25(22,24)4/h16-24,29-30H,6-15H2,1-5H3/t16?,17-,18+,19+,20?,21?,22?,23+,24?,25+,26-,27+,28-/m1/s1. The maximum absolute atomic E-state index is 11.9. The topological polar surface area (TPSA) is 58.9 Å². The third kappa shape index (κ3) is 2.65. The van der Waals surface area contributed by atoms with Crippen LogP contribution in [0.15, 0.2) is 0 Å². The average Bonchev–Trinajstić information content (AvgIpc) is 3.18. The Kier molecular flexibility index (Phi) is 4.85. The van der Waals surface area contributed by atoms with Crippen molar-refractivity contribution in [2.24, 2.45) is 52.3 Å². The Balaban J connectivity index is 1.30. The van der Waals surface area contributed by atoms with Gasteiger partial charge in [0.25, 0.3) is 0 Å². The van der Waals surface area contributed by atoms with Gasteiger partial charge in [0.05, 0.1) is 24.4 Å². The Morgan fingerprint density at radius 2 is 1.69 bits per heavy atom. The largest absolute Gasteiger partial charge is 0.393 e. The first-order valence-electron chi connectivity index (χ1n) is 13.8. The molecule has 1 spiro atoms. The number of aliphatic hydroxyl groups excluding tert-OH is 1. The minimum absolute atomic E-state index is 0.0656. The molecule has 0 bridgehead atoms. The summed E-state index contributed by atoms with van der Waals surface area (Å²) in [6, 6.07) is 0. The van der Waals surface area contributed by atoms with Crippen molar-refractivity contribution in [2.45, 2.75) is 116 Å². The summed E-state index contributed by atoms with van der Waals surface area (Å²) in [6.45, 7) is 12.8. The third-order valence-corrected chi connectivity index (χ3v) is 12.5. The summed E-state index contributed by atoms with van der Waals surface area (Å²) in [6.07, 6.45) is 9.42. The molecule has 4 nitrogen and oxygen atoms in total. The Morgan fingerprint density at radius 3 is 2.41 bits per heavy atom. The molecule has 6 aliphatic rings. The summed E-state index contributed by atoms with van der Waals surface area (Å²) in [5, 5.41) is 22.3. The van der Waals surface area contributed by atoms with E-state index in [1.807, 2.05) is 0 Å². The molecule has 4 heteroatoms. The summed E-state index contributed by atoms with van der Waals surface area (Å²) < 4.78 is 13.4. The van der Waals surface area contributed by atoms with Crippen LogP contribution in [0.25, 0.3) is 0 Å². The van der Waals surface area contributed by atoms with E-state index in [9.17, 15) is 10.2 Å². The van der Waals surface area contributed by atoms with Crippen molar-refractivity contribution in [1.82, 2.24) is 0 Å². The first-order chi connectivity index (χ1) is 15.0. The van der Waals surface area contributed by atoms with E-state index in [0.717, 1.165) is 32.3 Å². The number of aliphatic hydroxyl groups is 2. The van der Waals surface area contributed by atoms with Crippen LogP contribution in [0.4, 0.5) is 0 Å². The third-order valence-electron chi connectivity index (χ3n) is 12.5. The predicted octanol–water partition coefficient (Wildman–Crippen LogP) is 5.15. The van der Waals surface area contributed by atoms with E-state index in [0.29, 0.717) is 53.4 Å². The number of rotatable bonds is 0. The average molecular weight is 447 g/mol. The van der Waals surface area contributed by atoms with Crippen LogP contribution in [-0.4, -0.2) is 40.4 Å². The zero-order valence-corrected chi connectivity index (χ0v) is 21.0. The van der Waals surface area contributed by atoms with Crippen LogP contribution in [0.5, 0.6) is 0 Å². The molecule has 4 aliphatic carbocycles. The summed E-state index contributed by atoms with van der Waals surface area (Å²) in [7, 11) is 0. The Morgan fingerprint density at radius 1 is 0.906 bits per heavy atom. The fraction of sp³-hybridized carbons (Fsp3) is 1.00. The highest BCUT2D eigenvalue weighted by Gasteiger charge is 2.71. The number of ether oxygens (including phenoxy) is 2. The van der Waals surface area contributed by atoms with Gasteiger partial charge in [0, 0.05) is 18.8 Å². The van der Waals surface area contributed by atoms with Gasteiger partial charge in [0.1, 0.15) is 0 Å². The summed E-state index contributed by atoms with van der Waals surface area (Å²) in [5.41, 5.74) is -0.459. The van der Waals surface area contributed by atoms with Gasteiger partial charge in [-0.05, 0) is 91.3 Å². The molecule has 0 aromatic rings. The van der Waals surface area contributed by atoms with Gasteiger partial charge in [-0.1, -0.05) is 34.6 Å². The van der Waals surface area contributed by atoms with Crippen LogP contribution in [0.3, 0.4) is 0 Å². The molecule has 0 aromatic carbocycles. The van der Waals surface area contributed by atoms with Crippen LogP contribution in [-0.2, 0) is 9.47 Å².